The molecule has 94 valence electrons. The summed E-state index contributed by atoms with van der Waals surface area (Å²) in [6.45, 7) is 1.84. The second-order valence-electron chi connectivity index (χ2n) is 4.13. The summed E-state index contributed by atoms with van der Waals surface area (Å²) in [5.41, 5.74) is 2.38. The van der Waals surface area contributed by atoms with E-state index in [1.54, 1.807) is 10.8 Å². The van der Waals surface area contributed by atoms with E-state index in [0.717, 1.165) is 16.9 Å². The number of carboxylic acid groups (broad SMARTS) is 1. The van der Waals surface area contributed by atoms with Gasteiger partial charge in [0.2, 0.25) is 0 Å². The lowest BCUT2D eigenvalue weighted by molar-refractivity contribution is -0.136. The number of imidazole rings is 1. The van der Waals surface area contributed by atoms with Crippen molar-refractivity contribution < 1.29 is 9.90 Å². The van der Waals surface area contributed by atoms with Crippen LogP contribution < -0.4 is 5.69 Å². The highest BCUT2D eigenvalue weighted by Gasteiger charge is 2.05. The van der Waals surface area contributed by atoms with Crippen molar-refractivity contribution in [2.45, 2.75) is 19.8 Å². The van der Waals surface area contributed by atoms with Crippen LogP contribution in [-0.2, 0) is 11.2 Å². The van der Waals surface area contributed by atoms with Crippen molar-refractivity contribution >= 4 is 5.97 Å². The molecule has 0 aliphatic carbocycles. The summed E-state index contributed by atoms with van der Waals surface area (Å²) in [7, 11) is 0. The van der Waals surface area contributed by atoms with Crippen LogP contribution in [0.2, 0.25) is 0 Å². The highest BCUT2D eigenvalue weighted by Crippen LogP contribution is 2.11. The Morgan fingerprint density at radius 2 is 2.00 bits per heavy atom. The summed E-state index contributed by atoms with van der Waals surface area (Å²) in [6.07, 6.45) is 2.26. The lowest BCUT2D eigenvalue weighted by atomic mass is 10.1. The molecule has 1 aromatic heterocycles. The van der Waals surface area contributed by atoms with E-state index in [2.05, 4.69) is 4.98 Å². The largest absolute Gasteiger partial charge is 0.481 e. The van der Waals surface area contributed by atoms with Crippen molar-refractivity contribution in [1.82, 2.24) is 9.55 Å². The van der Waals surface area contributed by atoms with Crippen molar-refractivity contribution in [3.8, 4) is 5.69 Å². The Balaban J connectivity index is 2.23. The number of hydrogen-bond acceptors (Lipinski definition) is 2. The minimum absolute atomic E-state index is 0.114. The van der Waals surface area contributed by atoms with Gasteiger partial charge in [-0.3, -0.25) is 9.36 Å². The Morgan fingerprint density at radius 3 is 2.50 bits per heavy atom. The lowest BCUT2D eigenvalue weighted by Crippen LogP contribution is -2.15. The Hall–Kier alpha value is -2.30. The van der Waals surface area contributed by atoms with Crippen molar-refractivity contribution in [1.29, 1.82) is 0 Å². The van der Waals surface area contributed by atoms with Gasteiger partial charge in [-0.2, -0.15) is 0 Å². The fraction of sp³-hybridized carbons (Fsp3) is 0.231. The van der Waals surface area contributed by atoms with E-state index in [1.807, 2.05) is 31.2 Å². The predicted molar refractivity (Wildman–Crippen MR) is 67.1 cm³/mol. The second-order valence-corrected chi connectivity index (χ2v) is 4.13. The summed E-state index contributed by atoms with van der Waals surface area (Å²) in [4.78, 5) is 24.7. The van der Waals surface area contributed by atoms with E-state index in [-0.39, 0.29) is 12.1 Å². The fourth-order valence-electron chi connectivity index (χ4n) is 1.84. The number of aliphatic carboxylic acids is 1. The monoisotopic (exact) mass is 246 g/mol. The van der Waals surface area contributed by atoms with Gasteiger partial charge in [0.1, 0.15) is 0 Å². The third kappa shape index (κ3) is 2.51. The summed E-state index contributed by atoms with van der Waals surface area (Å²) >= 11 is 0. The fourth-order valence-corrected chi connectivity index (χ4v) is 1.84. The lowest BCUT2D eigenvalue weighted by Gasteiger charge is -2.05. The molecule has 5 nitrogen and oxygen atoms in total. The SMILES string of the molecule is Cc1c[nH]c(=O)n1-c1ccc(CCC(=O)O)cc1. The zero-order valence-corrected chi connectivity index (χ0v) is 10.0. The molecule has 5 heteroatoms. The molecule has 2 N–H and O–H groups in total. The van der Waals surface area contributed by atoms with E-state index in [4.69, 9.17) is 5.11 Å². The van der Waals surface area contributed by atoms with E-state index in [1.165, 1.54) is 0 Å². The summed E-state index contributed by atoms with van der Waals surface area (Å²) in [5, 5.41) is 8.60. The van der Waals surface area contributed by atoms with Crippen LogP contribution in [0.5, 0.6) is 0 Å². The molecule has 0 fully saturated rings. The van der Waals surface area contributed by atoms with Crippen molar-refractivity contribution in [2.24, 2.45) is 0 Å². The number of aromatic amines is 1. The highest BCUT2D eigenvalue weighted by atomic mass is 16.4. The first kappa shape index (κ1) is 12.2. The number of nitrogens with one attached hydrogen (secondary N) is 1. The first-order valence-electron chi connectivity index (χ1n) is 5.66. The van der Waals surface area contributed by atoms with Crippen LogP contribution >= 0.6 is 0 Å². The van der Waals surface area contributed by atoms with Gasteiger partial charge in [-0.1, -0.05) is 12.1 Å². The zero-order chi connectivity index (χ0) is 13.1. The molecular weight excluding hydrogens is 232 g/mol. The minimum atomic E-state index is -0.809. The van der Waals surface area contributed by atoms with Gasteiger partial charge >= 0.3 is 11.7 Å². The molecule has 1 aromatic carbocycles. The molecule has 0 aliphatic heterocycles. The van der Waals surface area contributed by atoms with Crippen LogP contribution in [0, 0.1) is 6.92 Å². The molecule has 1 heterocycles. The molecule has 0 unspecified atom stereocenters. The van der Waals surface area contributed by atoms with Crippen LogP contribution in [0.15, 0.2) is 35.3 Å². The first-order chi connectivity index (χ1) is 8.58. The first-order valence-corrected chi connectivity index (χ1v) is 5.66. The second kappa shape index (κ2) is 4.91. The molecule has 18 heavy (non-hydrogen) atoms. The summed E-state index contributed by atoms with van der Waals surface area (Å²) in [6, 6.07) is 7.33. The number of carbonyl (C=O) groups is 1. The summed E-state index contributed by atoms with van der Waals surface area (Å²) in [5.74, 6) is -0.809. The molecule has 0 amide bonds. The Labute approximate surface area is 104 Å². The normalized spacial score (nSPS) is 10.5. The number of carboxylic acids is 1. The number of benzene rings is 1. The van der Waals surface area contributed by atoms with Crippen molar-refractivity contribution in [3.63, 3.8) is 0 Å². The molecule has 0 atom stereocenters. The van der Waals surface area contributed by atoms with Crippen LogP contribution in [0.4, 0.5) is 0 Å². The van der Waals surface area contributed by atoms with Crippen molar-refractivity contribution in [3.05, 3.63) is 52.2 Å². The number of aromatic nitrogens is 2. The third-order valence-electron chi connectivity index (χ3n) is 2.78. The van der Waals surface area contributed by atoms with Crippen LogP contribution in [0.1, 0.15) is 17.7 Å². The average Bonchev–Trinajstić information content (AvgIpc) is 2.67. The summed E-state index contributed by atoms with van der Waals surface area (Å²) < 4.78 is 1.57. The molecule has 0 aliphatic rings. The molecule has 0 radical (unpaired) electrons. The maximum absolute atomic E-state index is 11.6. The molecule has 0 saturated carbocycles. The predicted octanol–water partition coefficient (Wildman–Crippen LogP) is 1.49. The van der Waals surface area contributed by atoms with Crippen LogP contribution in [-0.4, -0.2) is 20.6 Å². The molecular formula is C13H14N2O3. The molecule has 0 spiro atoms. The van der Waals surface area contributed by atoms with Gasteiger partial charge < -0.3 is 10.1 Å². The maximum Gasteiger partial charge on any atom is 0.330 e. The number of rotatable bonds is 4. The van der Waals surface area contributed by atoms with Gasteiger partial charge in [-0.25, -0.2) is 4.79 Å². The van der Waals surface area contributed by atoms with Gasteiger partial charge in [0.25, 0.3) is 0 Å². The van der Waals surface area contributed by atoms with Crippen molar-refractivity contribution in [2.75, 3.05) is 0 Å². The number of aryl methyl sites for hydroxylation is 2. The van der Waals surface area contributed by atoms with Gasteiger partial charge in [-0.15, -0.1) is 0 Å². The van der Waals surface area contributed by atoms with Crippen LogP contribution in [0.25, 0.3) is 5.69 Å². The molecule has 0 bridgehead atoms. The van der Waals surface area contributed by atoms with Crippen LogP contribution in [0.3, 0.4) is 0 Å². The number of hydrogen-bond donors (Lipinski definition) is 2. The average molecular weight is 246 g/mol. The Morgan fingerprint density at radius 1 is 1.33 bits per heavy atom. The van der Waals surface area contributed by atoms with E-state index in [9.17, 15) is 9.59 Å². The van der Waals surface area contributed by atoms with E-state index in [0.29, 0.717) is 6.42 Å². The molecule has 2 rings (SSSR count). The van der Waals surface area contributed by atoms with Gasteiger partial charge in [0, 0.05) is 18.3 Å². The van der Waals surface area contributed by atoms with Gasteiger partial charge in [-0.05, 0) is 31.0 Å². The molecule has 0 saturated heterocycles. The Bertz CT molecular complexity index is 608. The third-order valence-corrected chi connectivity index (χ3v) is 2.78. The number of H-pyrrole nitrogens is 1. The van der Waals surface area contributed by atoms with Gasteiger partial charge in [0.15, 0.2) is 0 Å². The topological polar surface area (TPSA) is 75.1 Å². The molecule has 2 aromatic rings. The smallest absolute Gasteiger partial charge is 0.330 e. The van der Waals surface area contributed by atoms with E-state index >= 15 is 0 Å². The highest BCUT2D eigenvalue weighted by molar-refractivity contribution is 5.67. The quantitative estimate of drug-likeness (QED) is 0.858. The van der Waals surface area contributed by atoms with E-state index < -0.39 is 5.97 Å². The van der Waals surface area contributed by atoms with Gasteiger partial charge in [0.05, 0.1) is 5.69 Å². The standard InChI is InChI=1S/C13H14N2O3/c1-9-8-14-13(18)15(9)11-5-2-10(3-6-11)4-7-12(16)17/h2-3,5-6,8H,4,7H2,1H3,(H,14,18)(H,16,17). The maximum atomic E-state index is 11.6. The Kier molecular flexibility index (Phi) is 3.32. The zero-order valence-electron chi connectivity index (χ0n) is 10.0. The minimum Gasteiger partial charge on any atom is -0.481 e. The number of nitrogens with zero attached hydrogens (tertiary/aromatic N) is 1.